The van der Waals surface area contributed by atoms with Crippen LogP contribution in [0.4, 0.5) is 0 Å². The van der Waals surface area contributed by atoms with E-state index in [0.29, 0.717) is 13.0 Å². The molecule has 5 heteroatoms. The van der Waals surface area contributed by atoms with Gasteiger partial charge in [0, 0.05) is 24.0 Å². The molecule has 0 aliphatic carbocycles. The molecule has 1 heterocycles. The number of primary amides is 1. The molecule has 0 unspecified atom stereocenters. The lowest BCUT2D eigenvalue weighted by Crippen LogP contribution is -2.48. The van der Waals surface area contributed by atoms with Crippen molar-refractivity contribution in [3.05, 3.63) is 34.9 Å². The summed E-state index contributed by atoms with van der Waals surface area (Å²) in [7, 11) is 0. The Morgan fingerprint density at radius 3 is 2.59 bits per heavy atom. The Morgan fingerprint density at radius 2 is 1.95 bits per heavy atom. The van der Waals surface area contributed by atoms with Crippen LogP contribution in [0.5, 0.6) is 0 Å². The van der Waals surface area contributed by atoms with Crippen molar-refractivity contribution in [1.82, 2.24) is 4.90 Å². The number of piperidine rings is 1. The highest BCUT2D eigenvalue weighted by molar-refractivity contribution is 6.30. The Bertz CT molecular complexity index is 530. The number of hydrogen-bond donors (Lipinski definition) is 1. The van der Waals surface area contributed by atoms with Crippen LogP contribution in [0.2, 0.25) is 5.02 Å². The van der Waals surface area contributed by atoms with Crippen LogP contribution in [0.1, 0.15) is 38.2 Å². The van der Waals surface area contributed by atoms with Gasteiger partial charge in [0.25, 0.3) is 0 Å². The van der Waals surface area contributed by atoms with Crippen molar-refractivity contribution in [2.75, 3.05) is 6.54 Å². The first-order chi connectivity index (χ1) is 10.5. The number of rotatable bonds is 5. The van der Waals surface area contributed by atoms with Gasteiger partial charge in [0.05, 0.1) is 5.92 Å². The predicted octanol–water partition coefficient (Wildman–Crippen LogP) is 2.78. The van der Waals surface area contributed by atoms with Gasteiger partial charge in [0.1, 0.15) is 0 Å². The van der Waals surface area contributed by atoms with E-state index in [-0.39, 0.29) is 23.8 Å². The third kappa shape index (κ3) is 4.47. The van der Waals surface area contributed by atoms with E-state index >= 15 is 0 Å². The average Bonchev–Trinajstić information content (AvgIpc) is 2.49. The Morgan fingerprint density at radius 1 is 1.27 bits per heavy atom. The number of halogens is 1. The zero-order valence-electron chi connectivity index (χ0n) is 12.9. The standard InChI is InChI=1S/C17H23ClN2O2/c1-12-5-8-14(17(19)22)11-20(12)16(21)4-2-3-13-6-9-15(18)10-7-13/h6-7,9-10,12,14H,2-5,8,11H2,1H3,(H2,19,22)/t12-,14+/m0/s1. The second-order valence-electron chi connectivity index (χ2n) is 6.05. The Kier molecular flexibility index (Phi) is 5.83. The lowest BCUT2D eigenvalue weighted by Gasteiger charge is -2.37. The molecule has 1 aromatic carbocycles. The number of likely N-dealkylation sites (tertiary alicyclic amines) is 1. The fourth-order valence-electron chi connectivity index (χ4n) is 2.93. The van der Waals surface area contributed by atoms with Crippen molar-refractivity contribution in [1.29, 1.82) is 0 Å². The van der Waals surface area contributed by atoms with Crippen molar-refractivity contribution in [2.24, 2.45) is 11.7 Å². The smallest absolute Gasteiger partial charge is 0.222 e. The summed E-state index contributed by atoms with van der Waals surface area (Å²) in [6, 6.07) is 7.89. The highest BCUT2D eigenvalue weighted by Crippen LogP contribution is 2.23. The van der Waals surface area contributed by atoms with E-state index in [1.54, 1.807) is 0 Å². The molecule has 0 aromatic heterocycles. The van der Waals surface area contributed by atoms with Crippen LogP contribution in [0.25, 0.3) is 0 Å². The summed E-state index contributed by atoms with van der Waals surface area (Å²) in [5, 5.41) is 0.722. The molecular weight excluding hydrogens is 300 g/mol. The lowest BCUT2D eigenvalue weighted by molar-refractivity contribution is -0.137. The summed E-state index contributed by atoms with van der Waals surface area (Å²) >= 11 is 5.85. The predicted molar refractivity (Wildman–Crippen MR) is 87.5 cm³/mol. The third-order valence-corrected chi connectivity index (χ3v) is 4.63. The minimum atomic E-state index is -0.300. The van der Waals surface area contributed by atoms with Gasteiger partial charge in [-0.1, -0.05) is 23.7 Å². The Labute approximate surface area is 136 Å². The number of nitrogens with zero attached hydrogens (tertiary/aromatic N) is 1. The van der Waals surface area contributed by atoms with Crippen molar-refractivity contribution < 1.29 is 9.59 Å². The van der Waals surface area contributed by atoms with Crippen molar-refractivity contribution in [2.45, 2.75) is 45.1 Å². The van der Waals surface area contributed by atoms with Crippen molar-refractivity contribution in [3.63, 3.8) is 0 Å². The molecule has 1 fully saturated rings. The summed E-state index contributed by atoms with van der Waals surface area (Å²) in [5.41, 5.74) is 6.56. The second kappa shape index (κ2) is 7.63. The van der Waals surface area contributed by atoms with Crippen LogP contribution >= 0.6 is 11.6 Å². The Balaban J connectivity index is 1.82. The molecule has 22 heavy (non-hydrogen) atoms. The van der Waals surface area contributed by atoms with E-state index < -0.39 is 0 Å². The zero-order valence-corrected chi connectivity index (χ0v) is 13.7. The average molecular weight is 323 g/mol. The van der Waals surface area contributed by atoms with Crippen LogP contribution in [0.15, 0.2) is 24.3 Å². The first-order valence-corrected chi connectivity index (χ1v) is 8.18. The van der Waals surface area contributed by atoms with E-state index in [1.165, 1.54) is 5.56 Å². The quantitative estimate of drug-likeness (QED) is 0.906. The zero-order chi connectivity index (χ0) is 16.1. The molecule has 2 rings (SSSR count). The fourth-order valence-corrected chi connectivity index (χ4v) is 3.05. The molecule has 1 aliphatic rings. The van der Waals surface area contributed by atoms with E-state index in [4.69, 9.17) is 17.3 Å². The summed E-state index contributed by atoms with van der Waals surface area (Å²) in [5.74, 6) is -0.380. The number of carbonyl (C=O) groups excluding carboxylic acids is 2. The van der Waals surface area contributed by atoms with Crippen molar-refractivity contribution in [3.8, 4) is 0 Å². The number of benzene rings is 1. The summed E-state index contributed by atoms with van der Waals surface area (Å²) in [6.45, 7) is 2.50. The molecule has 4 nitrogen and oxygen atoms in total. The first-order valence-electron chi connectivity index (χ1n) is 7.80. The van der Waals surface area contributed by atoms with Gasteiger partial charge < -0.3 is 10.6 Å². The topological polar surface area (TPSA) is 63.4 Å². The normalized spacial score (nSPS) is 21.6. The van der Waals surface area contributed by atoms with Crippen molar-refractivity contribution >= 4 is 23.4 Å². The fraction of sp³-hybridized carbons (Fsp3) is 0.529. The first kappa shape index (κ1) is 16.8. The summed E-state index contributed by atoms with van der Waals surface area (Å²) < 4.78 is 0. The number of hydrogen-bond acceptors (Lipinski definition) is 2. The molecule has 0 spiro atoms. The van der Waals surface area contributed by atoms with Gasteiger partial charge in [-0.3, -0.25) is 9.59 Å². The molecule has 120 valence electrons. The lowest BCUT2D eigenvalue weighted by atomic mass is 9.92. The minimum absolute atomic E-state index is 0.118. The monoisotopic (exact) mass is 322 g/mol. The van der Waals surface area contributed by atoms with E-state index in [2.05, 4.69) is 0 Å². The van der Waals surface area contributed by atoms with Gasteiger partial charge in [-0.05, 0) is 50.3 Å². The number of nitrogens with two attached hydrogens (primary N) is 1. The molecule has 0 saturated carbocycles. The molecule has 2 atom stereocenters. The highest BCUT2D eigenvalue weighted by atomic mass is 35.5. The third-order valence-electron chi connectivity index (χ3n) is 4.37. The molecule has 1 saturated heterocycles. The highest BCUT2D eigenvalue weighted by Gasteiger charge is 2.31. The van der Waals surface area contributed by atoms with E-state index in [1.807, 2.05) is 36.1 Å². The van der Waals surface area contributed by atoms with Crippen LogP contribution in [-0.2, 0) is 16.0 Å². The maximum absolute atomic E-state index is 12.4. The van der Waals surface area contributed by atoms with E-state index in [9.17, 15) is 9.59 Å². The van der Waals surface area contributed by atoms with Gasteiger partial charge in [-0.2, -0.15) is 0 Å². The maximum Gasteiger partial charge on any atom is 0.222 e. The van der Waals surface area contributed by atoms with Crippen LogP contribution < -0.4 is 5.73 Å². The molecular formula is C17H23ClN2O2. The van der Waals surface area contributed by atoms with E-state index in [0.717, 1.165) is 30.7 Å². The molecule has 1 aliphatic heterocycles. The SMILES string of the molecule is C[C@H]1CC[C@@H](C(N)=O)CN1C(=O)CCCc1ccc(Cl)cc1. The summed E-state index contributed by atoms with van der Waals surface area (Å²) in [4.78, 5) is 25.5. The molecule has 2 amide bonds. The largest absolute Gasteiger partial charge is 0.369 e. The van der Waals surface area contributed by atoms with Gasteiger partial charge >= 0.3 is 0 Å². The van der Waals surface area contributed by atoms with Gasteiger partial charge in [-0.25, -0.2) is 0 Å². The number of amides is 2. The van der Waals surface area contributed by atoms with Crippen LogP contribution in [-0.4, -0.2) is 29.3 Å². The van der Waals surface area contributed by atoms with Gasteiger partial charge in [0.15, 0.2) is 0 Å². The summed E-state index contributed by atoms with van der Waals surface area (Å²) in [6.07, 6.45) is 3.77. The molecule has 1 aromatic rings. The molecule has 0 radical (unpaired) electrons. The second-order valence-corrected chi connectivity index (χ2v) is 6.49. The molecule has 0 bridgehead atoms. The Hall–Kier alpha value is -1.55. The van der Waals surface area contributed by atoms with Gasteiger partial charge in [-0.15, -0.1) is 0 Å². The maximum atomic E-state index is 12.4. The minimum Gasteiger partial charge on any atom is -0.369 e. The van der Waals surface area contributed by atoms with Gasteiger partial charge in [0.2, 0.25) is 11.8 Å². The number of carbonyl (C=O) groups is 2. The molecule has 2 N–H and O–H groups in total. The van der Waals surface area contributed by atoms with Crippen LogP contribution in [0, 0.1) is 5.92 Å². The number of aryl methyl sites for hydroxylation is 1. The van der Waals surface area contributed by atoms with Crippen LogP contribution in [0.3, 0.4) is 0 Å².